The molecule has 0 radical (unpaired) electrons. The number of para-hydroxylation sites is 2. The van der Waals surface area contributed by atoms with Crippen molar-refractivity contribution in [2.45, 2.75) is 20.0 Å². The Hall–Kier alpha value is -2.73. The minimum Gasteiger partial charge on any atom is -0.492 e. The van der Waals surface area contributed by atoms with Crippen molar-refractivity contribution in [3.63, 3.8) is 0 Å². The molecule has 0 saturated carbocycles. The molecule has 2 aromatic carbocycles. The van der Waals surface area contributed by atoms with Crippen LogP contribution in [0.1, 0.15) is 13.8 Å². The van der Waals surface area contributed by atoms with Gasteiger partial charge in [-0.2, -0.15) is 0 Å². The van der Waals surface area contributed by atoms with Gasteiger partial charge >= 0.3 is 0 Å². The Morgan fingerprint density at radius 3 is 2.85 bits per heavy atom. The van der Waals surface area contributed by atoms with Crippen molar-refractivity contribution >= 4 is 34.8 Å². The van der Waals surface area contributed by atoms with Crippen LogP contribution in [0.25, 0.3) is 0 Å². The number of hydrogen-bond acceptors (Lipinski definition) is 4. The second kappa shape index (κ2) is 7.66. The molecule has 0 fully saturated rings. The maximum atomic E-state index is 12.5. The molecule has 0 bridgehead atoms. The molecule has 2 amide bonds. The molecule has 0 spiro atoms. The van der Waals surface area contributed by atoms with Crippen molar-refractivity contribution in [3.8, 4) is 11.5 Å². The smallest absolute Gasteiger partial charge is 0.268 e. The third-order valence-electron chi connectivity index (χ3n) is 3.89. The van der Waals surface area contributed by atoms with Crippen LogP contribution in [0.15, 0.2) is 42.5 Å². The van der Waals surface area contributed by atoms with E-state index in [2.05, 4.69) is 5.32 Å². The Bertz CT molecular complexity index is 840. The largest absolute Gasteiger partial charge is 0.492 e. The lowest BCUT2D eigenvalue weighted by Gasteiger charge is -2.32. The van der Waals surface area contributed by atoms with Crippen molar-refractivity contribution < 1.29 is 19.1 Å². The summed E-state index contributed by atoms with van der Waals surface area (Å²) in [6.45, 7) is 3.85. The van der Waals surface area contributed by atoms with Crippen LogP contribution in [-0.2, 0) is 9.59 Å². The molecule has 0 saturated heterocycles. The van der Waals surface area contributed by atoms with E-state index in [9.17, 15) is 9.59 Å². The molecule has 6 nitrogen and oxygen atoms in total. The van der Waals surface area contributed by atoms with Crippen molar-refractivity contribution in [2.75, 3.05) is 23.4 Å². The lowest BCUT2D eigenvalue weighted by atomic mass is 10.2. The van der Waals surface area contributed by atoms with Gasteiger partial charge in [0.05, 0.1) is 18.0 Å². The van der Waals surface area contributed by atoms with Crippen LogP contribution in [0.3, 0.4) is 0 Å². The molecule has 1 N–H and O–H groups in total. The molecule has 7 heteroatoms. The van der Waals surface area contributed by atoms with E-state index in [0.717, 1.165) is 0 Å². The van der Waals surface area contributed by atoms with Crippen molar-refractivity contribution in [1.29, 1.82) is 0 Å². The topological polar surface area (TPSA) is 67.9 Å². The van der Waals surface area contributed by atoms with Crippen LogP contribution < -0.4 is 19.7 Å². The summed E-state index contributed by atoms with van der Waals surface area (Å²) < 4.78 is 11.1. The van der Waals surface area contributed by atoms with Crippen LogP contribution in [0, 0.1) is 0 Å². The molecular formula is C19H19ClN2O4. The van der Waals surface area contributed by atoms with E-state index >= 15 is 0 Å². The van der Waals surface area contributed by atoms with Crippen molar-refractivity contribution in [3.05, 3.63) is 47.5 Å². The molecule has 3 rings (SSSR count). The first-order valence-corrected chi connectivity index (χ1v) is 8.66. The number of halogens is 1. The minimum absolute atomic E-state index is 0.152. The lowest BCUT2D eigenvalue weighted by molar-refractivity contribution is -0.127. The number of anilines is 2. The van der Waals surface area contributed by atoms with E-state index in [1.54, 1.807) is 43.3 Å². The number of benzene rings is 2. The maximum Gasteiger partial charge on any atom is 0.268 e. The molecule has 136 valence electrons. The summed E-state index contributed by atoms with van der Waals surface area (Å²) in [5.41, 5.74) is 1.04. The molecule has 0 aromatic heterocycles. The maximum absolute atomic E-state index is 12.5. The van der Waals surface area contributed by atoms with Gasteiger partial charge in [0.25, 0.3) is 5.91 Å². The van der Waals surface area contributed by atoms with E-state index in [4.69, 9.17) is 21.1 Å². The summed E-state index contributed by atoms with van der Waals surface area (Å²) >= 11 is 6.04. The highest BCUT2D eigenvalue weighted by atomic mass is 35.5. The molecular weight excluding hydrogens is 356 g/mol. The number of nitrogens with zero attached hydrogens (tertiary/aromatic N) is 1. The molecule has 26 heavy (non-hydrogen) atoms. The molecule has 1 atom stereocenters. The van der Waals surface area contributed by atoms with Crippen molar-refractivity contribution in [2.24, 2.45) is 0 Å². The van der Waals surface area contributed by atoms with Crippen LogP contribution >= 0.6 is 11.6 Å². The summed E-state index contributed by atoms with van der Waals surface area (Å²) in [4.78, 5) is 26.4. The molecule has 1 heterocycles. The third-order valence-corrected chi connectivity index (χ3v) is 4.13. The van der Waals surface area contributed by atoms with E-state index in [1.165, 1.54) is 4.90 Å². The fourth-order valence-electron chi connectivity index (χ4n) is 2.73. The fourth-order valence-corrected chi connectivity index (χ4v) is 2.89. The number of nitrogens with one attached hydrogen (secondary N) is 1. The highest BCUT2D eigenvalue weighted by Crippen LogP contribution is 2.36. The molecule has 2 aromatic rings. The standard InChI is InChI=1S/C19H19ClN2O4/c1-3-25-16-7-5-4-6-14(16)21-18(23)11-22-15-10-13(20)8-9-17(15)26-12(2)19(22)24/h4-10,12H,3,11H2,1-2H3,(H,21,23). The van der Waals surface area contributed by atoms with E-state index < -0.39 is 6.10 Å². The molecule has 0 aliphatic carbocycles. The van der Waals surface area contributed by atoms with Gasteiger partial charge in [-0.05, 0) is 44.2 Å². The average molecular weight is 375 g/mol. The zero-order valence-electron chi connectivity index (χ0n) is 14.5. The Morgan fingerprint density at radius 1 is 1.31 bits per heavy atom. The number of amides is 2. The van der Waals surface area contributed by atoms with Gasteiger partial charge in [-0.15, -0.1) is 0 Å². The Labute approximate surface area is 156 Å². The van der Waals surface area contributed by atoms with Gasteiger partial charge in [0.2, 0.25) is 5.91 Å². The number of carbonyl (C=O) groups is 2. The van der Waals surface area contributed by atoms with Gasteiger partial charge in [-0.1, -0.05) is 23.7 Å². The molecule has 1 unspecified atom stereocenters. The quantitative estimate of drug-likeness (QED) is 0.869. The van der Waals surface area contributed by atoms with Crippen LogP contribution in [0.5, 0.6) is 11.5 Å². The zero-order valence-corrected chi connectivity index (χ0v) is 15.2. The number of carbonyl (C=O) groups excluding carboxylic acids is 2. The summed E-state index contributed by atoms with van der Waals surface area (Å²) in [5.74, 6) is 0.455. The van der Waals surface area contributed by atoms with E-state index in [0.29, 0.717) is 34.5 Å². The number of fused-ring (bicyclic) bond motifs is 1. The highest BCUT2D eigenvalue weighted by molar-refractivity contribution is 6.31. The first-order valence-electron chi connectivity index (χ1n) is 8.29. The predicted molar refractivity (Wildman–Crippen MR) is 100 cm³/mol. The van der Waals surface area contributed by atoms with Crippen molar-refractivity contribution in [1.82, 2.24) is 0 Å². The first-order chi connectivity index (χ1) is 12.5. The highest BCUT2D eigenvalue weighted by Gasteiger charge is 2.33. The van der Waals surface area contributed by atoms with Crippen LogP contribution in [0.4, 0.5) is 11.4 Å². The second-order valence-corrected chi connectivity index (χ2v) is 6.21. The van der Waals surface area contributed by atoms with Gasteiger partial charge < -0.3 is 14.8 Å². The predicted octanol–water partition coefficient (Wildman–Crippen LogP) is 3.49. The second-order valence-electron chi connectivity index (χ2n) is 5.77. The number of hydrogen-bond donors (Lipinski definition) is 1. The van der Waals surface area contributed by atoms with Gasteiger partial charge in [-0.25, -0.2) is 0 Å². The minimum atomic E-state index is -0.674. The van der Waals surface area contributed by atoms with E-state index in [1.807, 2.05) is 13.0 Å². The third kappa shape index (κ3) is 3.75. The Morgan fingerprint density at radius 2 is 2.08 bits per heavy atom. The van der Waals surface area contributed by atoms with Gasteiger partial charge in [0.1, 0.15) is 18.0 Å². The fraction of sp³-hybridized carbons (Fsp3) is 0.263. The van der Waals surface area contributed by atoms with Crippen LogP contribution in [-0.4, -0.2) is 31.1 Å². The van der Waals surface area contributed by atoms with E-state index in [-0.39, 0.29) is 18.4 Å². The first kappa shape index (κ1) is 18.1. The van der Waals surface area contributed by atoms with Gasteiger partial charge in [0.15, 0.2) is 6.10 Å². The van der Waals surface area contributed by atoms with Gasteiger partial charge in [0, 0.05) is 5.02 Å². The van der Waals surface area contributed by atoms with Crippen LogP contribution in [0.2, 0.25) is 5.02 Å². The summed E-state index contributed by atoms with van der Waals surface area (Å²) in [6.07, 6.45) is -0.674. The SMILES string of the molecule is CCOc1ccccc1NC(=O)CN1C(=O)C(C)Oc2ccc(Cl)cc21. The lowest BCUT2D eigenvalue weighted by Crippen LogP contribution is -2.47. The number of rotatable bonds is 5. The van der Waals surface area contributed by atoms with Gasteiger partial charge in [-0.3, -0.25) is 14.5 Å². The Balaban J connectivity index is 1.81. The monoisotopic (exact) mass is 374 g/mol. The average Bonchev–Trinajstić information content (AvgIpc) is 2.61. The Kier molecular flexibility index (Phi) is 5.32. The molecule has 1 aliphatic rings. The number of ether oxygens (including phenoxy) is 2. The summed E-state index contributed by atoms with van der Waals surface area (Å²) in [7, 11) is 0. The zero-order chi connectivity index (χ0) is 18.7. The normalized spacial score (nSPS) is 15.9. The summed E-state index contributed by atoms with van der Waals surface area (Å²) in [5, 5.41) is 3.25. The summed E-state index contributed by atoms with van der Waals surface area (Å²) in [6, 6.07) is 12.1. The molecule has 1 aliphatic heterocycles.